The fourth-order valence-corrected chi connectivity index (χ4v) is 2.00. The summed E-state index contributed by atoms with van der Waals surface area (Å²) in [6.45, 7) is 16.1. The van der Waals surface area contributed by atoms with Gasteiger partial charge in [0.1, 0.15) is 0 Å². The molecule has 1 N–H and O–H groups in total. The van der Waals surface area contributed by atoms with Gasteiger partial charge in [0.15, 0.2) is 0 Å². The fraction of sp³-hybridized carbons (Fsp3) is 1.00. The van der Waals surface area contributed by atoms with Gasteiger partial charge in [0.2, 0.25) is 0 Å². The lowest BCUT2D eigenvalue weighted by Gasteiger charge is -2.28. The van der Waals surface area contributed by atoms with E-state index in [1.54, 1.807) is 0 Å². The Morgan fingerprint density at radius 3 is 2.33 bits per heavy atom. The Morgan fingerprint density at radius 2 is 1.87 bits per heavy atom. The summed E-state index contributed by atoms with van der Waals surface area (Å²) in [4.78, 5) is 2.44. The summed E-state index contributed by atoms with van der Waals surface area (Å²) in [5.74, 6) is 0.740. The molecule has 0 radical (unpaired) electrons. The zero-order valence-electron chi connectivity index (χ0n) is 11.6. The van der Waals surface area contributed by atoms with Crippen LogP contribution in [-0.2, 0) is 0 Å². The van der Waals surface area contributed by atoms with Gasteiger partial charge in [0.25, 0.3) is 0 Å². The van der Waals surface area contributed by atoms with Crippen LogP contribution in [0.1, 0.15) is 41.0 Å². The Labute approximate surface area is 96.4 Å². The second-order valence-corrected chi connectivity index (χ2v) is 6.07. The predicted octanol–water partition coefficient (Wildman–Crippen LogP) is 2.60. The third-order valence-corrected chi connectivity index (χ3v) is 2.29. The molecule has 2 nitrogen and oxygen atoms in total. The maximum absolute atomic E-state index is 3.48. The molecule has 0 aromatic heterocycles. The molecular formula is C13H30N2. The van der Waals surface area contributed by atoms with Crippen molar-refractivity contribution in [1.82, 2.24) is 10.2 Å². The molecule has 0 aromatic carbocycles. The minimum absolute atomic E-state index is 0.408. The Hall–Kier alpha value is -0.0800. The van der Waals surface area contributed by atoms with Crippen LogP contribution in [0, 0.1) is 11.3 Å². The van der Waals surface area contributed by atoms with Crippen LogP contribution in [0.4, 0.5) is 0 Å². The molecule has 2 heteroatoms. The van der Waals surface area contributed by atoms with Crippen LogP contribution in [-0.4, -0.2) is 38.1 Å². The predicted molar refractivity (Wildman–Crippen MR) is 69.3 cm³/mol. The smallest absolute Gasteiger partial charge is 0.00271 e. The molecule has 0 amide bonds. The van der Waals surface area contributed by atoms with Crippen molar-refractivity contribution in [3.05, 3.63) is 0 Å². The van der Waals surface area contributed by atoms with Crippen molar-refractivity contribution in [2.24, 2.45) is 11.3 Å². The molecule has 0 fully saturated rings. The molecule has 0 heterocycles. The first-order valence-electron chi connectivity index (χ1n) is 6.24. The third-order valence-electron chi connectivity index (χ3n) is 2.29. The average molecular weight is 214 g/mol. The van der Waals surface area contributed by atoms with Gasteiger partial charge < -0.3 is 10.2 Å². The van der Waals surface area contributed by atoms with Crippen LogP contribution < -0.4 is 5.32 Å². The standard InChI is InChI=1S/C13H30N2/c1-7-8-14-9-12(2)10-15(6)11-13(3,4)5/h12,14H,7-11H2,1-6H3. The van der Waals surface area contributed by atoms with E-state index in [4.69, 9.17) is 0 Å². The first-order valence-corrected chi connectivity index (χ1v) is 6.24. The van der Waals surface area contributed by atoms with Crippen molar-refractivity contribution in [2.45, 2.75) is 41.0 Å². The van der Waals surface area contributed by atoms with E-state index in [-0.39, 0.29) is 0 Å². The lowest BCUT2D eigenvalue weighted by atomic mass is 9.96. The van der Waals surface area contributed by atoms with Gasteiger partial charge in [-0.2, -0.15) is 0 Å². The minimum Gasteiger partial charge on any atom is -0.316 e. The van der Waals surface area contributed by atoms with Gasteiger partial charge in [-0.05, 0) is 37.9 Å². The Kier molecular flexibility index (Phi) is 7.20. The Morgan fingerprint density at radius 1 is 1.27 bits per heavy atom. The number of hydrogen-bond donors (Lipinski definition) is 1. The lowest BCUT2D eigenvalue weighted by Crippen LogP contribution is -2.35. The van der Waals surface area contributed by atoms with Crippen molar-refractivity contribution in [3.63, 3.8) is 0 Å². The molecule has 15 heavy (non-hydrogen) atoms. The fourth-order valence-electron chi connectivity index (χ4n) is 2.00. The van der Waals surface area contributed by atoms with Crippen LogP contribution in [0.15, 0.2) is 0 Å². The van der Waals surface area contributed by atoms with E-state index in [2.05, 4.69) is 51.9 Å². The first-order chi connectivity index (χ1) is 6.85. The highest BCUT2D eigenvalue weighted by molar-refractivity contribution is 4.69. The van der Waals surface area contributed by atoms with Crippen LogP contribution in [0.25, 0.3) is 0 Å². The second kappa shape index (κ2) is 7.24. The number of nitrogens with one attached hydrogen (secondary N) is 1. The molecule has 0 rings (SSSR count). The van der Waals surface area contributed by atoms with E-state index in [9.17, 15) is 0 Å². The summed E-state index contributed by atoms with van der Waals surface area (Å²) in [5.41, 5.74) is 0.408. The molecule has 0 aromatic rings. The van der Waals surface area contributed by atoms with Gasteiger partial charge in [-0.1, -0.05) is 34.6 Å². The van der Waals surface area contributed by atoms with Gasteiger partial charge in [-0.15, -0.1) is 0 Å². The molecule has 0 saturated heterocycles. The van der Waals surface area contributed by atoms with E-state index < -0.39 is 0 Å². The third kappa shape index (κ3) is 10.2. The molecule has 0 aliphatic rings. The van der Waals surface area contributed by atoms with Crippen molar-refractivity contribution >= 4 is 0 Å². The van der Waals surface area contributed by atoms with Crippen molar-refractivity contribution < 1.29 is 0 Å². The number of hydrogen-bond acceptors (Lipinski definition) is 2. The molecule has 0 aliphatic carbocycles. The maximum atomic E-state index is 3.48. The summed E-state index contributed by atoms with van der Waals surface area (Å²) in [5, 5.41) is 3.48. The summed E-state index contributed by atoms with van der Waals surface area (Å²) in [6, 6.07) is 0. The van der Waals surface area contributed by atoms with E-state index in [0.29, 0.717) is 5.41 Å². The lowest BCUT2D eigenvalue weighted by molar-refractivity contribution is 0.202. The van der Waals surface area contributed by atoms with Gasteiger partial charge in [-0.25, -0.2) is 0 Å². The first kappa shape index (κ1) is 14.9. The number of rotatable bonds is 7. The van der Waals surface area contributed by atoms with Gasteiger partial charge >= 0.3 is 0 Å². The van der Waals surface area contributed by atoms with E-state index in [0.717, 1.165) is 19.0 Å². The quantitative estimate of drug-likeness (QED) is 0.655. The molecule has 1 atom stereocenters. The number of nitrogens with zero attached hydrogens (tertiary/aromatic N) is 1. The van der Waals surface area contributed by atoms with Crippen molar-refractivity contribution in [3.8, 4) is 0 Å². The Bertz CT molecular complexity index is 149. The zero-order valence-corrected chi connectivity index (χ0v) is 11.6. The SMILES string of the molecule is CCCNCC(C)CN(C)CC(C)(C)C. The molecule has 0 bridgehead atoms. The summed E-state index contributed by atoms with van der Waals surface area (Å²) in [7, 11) is 2.22. The normalized spacial score (nSPS) is 14.6. The van der Waals surface area contributed by atoms with Crippen LogP contribution in [0.2, 0.25) is 0 Å². The van der Waals surface area contributed by atoms with Crippen LogP contribution in [0.5, 0.6) is 0 Å². The molecule has 92 valence electrons. The highest BCUT2D eigenvalue weighted by atomic mass is 15.1. The van der Waals surface area contributed by atoms with E-state index in [1.807, 2.05) is 0 Å². The highest BCUT2D eigenvalue weighted by Gasteiger charge is 2.14. The summed E-state index contributed by atoms with van der Waals surface area (Å²) in [6.07, 6.45) is 1.23. The molecular weight excluding hydrogens is 184 g/mol. The van der Waals surface area contributed by atoms with E-state index in [1.165, 1.54) is 19.5 Å². The zero-order chi connectivity index (χ0) is 11.9. The van der Waals surface area contributed by atoms with Crippen LogP contribution >= 0.6 is 0 Å². The van der Waals surface area contributed by atoms with Crippen molar-refractivity contribution in [1.29, 1.82) is 0 Å². The monoisotopic (exact) mass is 214 g/mol. The van der Waals surface area contributed by atoms with Gasteiger partial charge in [0.05, 0.1) is 0 Å². The maximum Gasteiger partial charge on any atom is 0.00271 e. The van der Waals surface area contributed by atoms with Crippen LogP contribution in [0.3, 0.4) is 0 Å². The molecule has 0 aliphatic heterocycles. The largest absolute Gasteiger partial charge is 0.316 e. The topological polar surface area (TPSA) is 15.3 Å². The molecule has 0 spiro atoms. The van der Waals surface area contributed by atoms with Crippen molar-refractivity contribution in [2.75, 3.05) is 33.2 Å². The molecule has 0 saturated carbocycles. The van der Waals surface area contributed by atoms with E-state index >= 15 is 0 Å². The average Bonchev–Trinajstić information content (AvgIpc) is 2.00. The minimum atomic E-state index is 0.408. The highest BCUT2D eigenvalue weighted by Crippen LogP contribution is 2.14. The summed E-state index contributed by atoms with van der Waals surface area (Å²) < 4.78 is 0. The van der Waals surface area contributed by atoms with Gasteiger partial charge in [-0.3, -0.25) is 0 Å². The second-order valence-electron chi connectivity index (χ2n) is 6.07. The Balaban J connectivity index is 3.62. The summed E-state index contributed by atoms with van der Waals surface area (Å²) >= 11 is 0. The van der Waals surface area contributed by atoms with Gasteiger partial charge in [0, 0.05) is 13.1 Å². The molecule has 1 unspecified atom stereocenters.